The van der Waals surface area contributed by atoms with Gasteiger partial charge in [-0.3, -0.25) is 0 Å². The fourth-order valence-corrected chi connectivity index (χ4v) is 1.87. The minimum absolute atomic E-state index is 0.0429. The number of hydrogen-bond acceptors (Lipinski definition) is 4. The molecule has 2 aromatic rings. The van der Waals surface area contributed by atoms with Crippen LogP contribution >= 0.6 is 0 Å². The van der Waals surface area contributed by atoms with Gasteiger partial charge in [-0.15, -0.1) is 0 Å². The quantitative estimate of drug-likeness (QED) is 0.740. The number of rotatable bonds is 2. The van der Waals surface area contributed by atoms with Gasteiger partial charge in [0.05, 0.1) is 5.69 Å². The highest BCUT2D eigenvalue weighted by atomic mass is 32.2. The van der Waals surface area contributed by atoms with Crippen molar-refractivity contribution in [2.45, 2.75) is 5.03 Å². The molecule has 4 nitrogen and oxygen atoms in total. The van der Waals surface area contributed by atoms with Crippen molar-refractivity contribution in [2.24, 2.45) is 0 Å². The van der Waals surface area contributed by atoms with Gasteiger partial charge in [-0.1, -0.05) is 30.3 Å². The van der Waals surface area contributed by atoms with Crippen LogP contribution in [0.5, 0.6) is 0 Å². The van der Waals surface area contributed by atoms with Crippen molar-refractivity contribution in [3.63, 3.8) is 0 Å². The summed E-state index contributed by atoms with van der Waals surface area (Å²) in [5, 5.41) is 0.0429. The van der Waals surface area contributed by atoms with Crippen LogP contribution in [0.15, 0.2) is 47.8 Å². The maximum Gasteiger partial charge on any atom is 0.192 e. The number of sulfone groups is 1. The first-order chi connectivity index (χ1) is 7.57. The van der Waals surface area contributed by atoms with E-state index >= 15 is 0 Å². The van der Waals surface area contributed by atoms with Gasteiger partial charge in [-0.2, -0.15) is 0 Å². The molecule has 82 valence electrons. The monoisotopic (exact) mass is 234 g/mol. The largest absolute Gasteiger partial charge is 0.236 e. The summed E-state index contributed by atoms with van der Waals surface area (Å²) in [6.45, 7) is 0. The van der Waals surface area contributed by atoms with E-state index in [1.54, 1.807) is 0 Å². The first-order valence-electron chi connectivity index (χ1n) is 4.65. The van der Waals surface area contributed by atoms with Crippen LogP contribution in [-0.2, 0) is 9.84 Å². The van der Waals surface area contributed by atoms with E-state index in [-0.39, 0.29) is 5.03 Å². The van der Waals surface area contributed by atoms with Gasteiger partial charge in [0.25, 0.3) is 0 Å². The van der Waals surface area contributed by atoms with Gasteiger partial charge in [-0.05, 0) is 0 Å². The Labute approximate surface area is 93.9 Å². The number of nitrogens with zero attached hydrogens (tertiary/aromatic N) is 2. The van der Waals surface area contributed by atoms with E-state index in [4.69, 9.17) is 0 Å². The molecule has 0 unspecified atom stereocenters. The molecule has 5 heteroatoms. The van der Waals surface area contributed by atoms with Crippen LogP contribution in [0.2, 0.25) is 0 Å². The van der Waals surface area contributed by atoms with Crippen molar-refractivity contribution >= 4 is 9.84 Å². The topological polar surface area (TPSA) is 59.9 Å². The minimum Gasteiger partial charge on any atom is -0.236 e. The second-order valence-electron chi connectivity index (χ2n) is 3.38. The first kappa shape index (κ1) is 10.8. The Kier molecular flexibility index (Phi) is 2.70. The van der Waals surface area contributed by atoms with Crippen molar-refractivity contribution in [3.05, 3.63) is 42.7 Å². The van der Waals surface area contributed by atoms with E-state index in [1.165, 1.54) is 12.4 Å². The summed E-state index contributed by atoms with van der Waals surface area (Å²) in [5.74, 6) is 0. The normalized spacial score (nSPS) is 11.3. The third kappa shape index (κ3) is 2.25. The van der Waals surface area contributed by atoms with E-state index < -0.39 is 9.84 Å². The van der Waals surface area contributed by atoms with E-state index in [0.717, 1.165) is 11.8 Å². The molecule has 1 aromatic carbocycles. The van der Waals surface area contributed by atoms with Crippen LogP contribution in [0.4, 0.5) is 0 Å². The molecule has 0 saturated heterocycles. The molecule has 0 atom stereocenters. The highest BCUT2D eigenvalue weighted by Gasteiger charge is 2.10. The number of hydrogen-bond donors (Lipinski definition) is 0. The fraction of sp³-hybridized carbons (Fsp3) is 0.0909. The molecular weight excluding hydrogens is 224 g/mol. The van der Waals surface area contributed by atoms with Crippen molar-refractivity contribution < 1.29 is 8.42 Å². The lowest BCUT2D eigenvalue weighted by Gasteiger charge is -2.01. The average Bonchev–Trinajstić information content (AvgIpc) is 2.29. The molecule has 0 N–H and O–H groups in total. The molecule has 1 heterocycles. The van der Waals surface area contributed by atoms with Crippen molar-refractivity contribution in [2.75, 3.05) is 6.26 Å². The SMILES string of the molecule is CS(=O)(=O)c1cc(-c2ccccc2)ncn1. The van der Waals surface area contributed by atoms with E-state index in [0.29, 0.717) is 5.69 Å². The fourth-order valence-electron chi connectivity index (χ4n) is 1.31. The van der Waals surface area contributed by atoms with Crippen LogP contribution in [0.25, 0.3) is 11.3 Å². The molecule has 0 aliphatic rings. The van der Waals surface area contributed by atoms with E-state index in [2.05, 4.69) is 9.97 Å². The zero-order valence-electron chi connectivity index (χ0n) is 8.66. The van der Waals surface area contributed by atoms with Crippen LogP contribution < -0.4 is 0 Å². The molecule has 0 saturated carbocycles. The summed E-state index contributed by atoms with van der Waals surface area (Å²) < 4.78 is 22.7. The lowest BCUT2D eigenvalue weighted by Crippen LogP contribution is -2.01. The summed E-state index contributed by atoms with van der Waals surface area (Å²) in [7, 11) is -3.28. The van der Waals surface area contributed by atoms with Gasteiger partial charge < -0.3 is 0 Å². The summed E-state index contributed by atoms with van der Waals surface area (Å²) in [6, 6.07) is 10.9. The van der Waals surface area contributed by atoms with Gasteiger partial charge in [0.2, 0.25) is 0 Å². The third-order valence-electron chi connectivity index (χ3n) is 2.09. The Bertz CT molecular complexity index is 594. The van der Waals surface area contributed by atoms with Crippen LogP contribution in [0.1, 0.15) is 0 Å². The predicted molar refractivity (Wildman–Crippen MR) is 60.6 cm³/mol. The molecule has 0 bridgehead atoms. The van der Waals surface area contributed by atoms with Crippen molar-refractivity contribution in [1.29, 1.82) is 0 Å². The smallest absolute Gasteiger partial charge is 0.192 e. The second-order valence-corrected chi connectivity index (χ2v) is 5.34. The average molecular weight is 234 g/mol. The molecule has 16 heavy (non-hydrogen) atoms. The Morgan fingerprint density at radius 3 is 2.38 bits per heavy atom. The maximum atomic E-state index is 11.3. The zero-order valence-corrected chi connectivity index (χ0v) is 9.48. The maximum absolute atomic E-state index is 11.3. The lowest BCUT2D eigenvalue weighted by atomic mass is 10.1. The molecule has 0 aliphatic heterocycles. The predicted octanol–water partition coefficient (Wildman–Crippen LogP) is 1.55. The van der Waals surface area contributed by atoms with Crippen LogP contribution in [-0.4, -0.2) is 24.6 Å². The zero-order chi connectivity index (χ0) is 11.6. The van der Waals surface area contributed by atoms with Crippen molar-refractivity contribution in [3.8, 4) is 11.3 Å². The summed E-state index contributed by atoms with van der Waals surface area (Å²) in [4.78, 5) is 7.78. The van der Waals surface area contributed by atoms with E-state index in [9.17, 15) is 8.42 Å². The first-order valence-corrected chi connectivity index (χ1v) is 6.54. The molecule has 0 fully saturated rings. The Morgan fingerprint density at radius 2 is 1.75 bits per heavy atom. The molecule has 1 aromatic heterocycles. The van der Waals surface area contributed by atoms with Crippen molar-refractivity contribution in [1.82, 2.24) is 9.97 Å². The lowest BCUT2D eigenvalue weighted by molar-refractivity contribution is 0.598. The number of benzene rings is 1. The summed E-state index contributed by atoms with van der Waals surface area (Å²) in [6.07, 6.45) is 2.39. The standard InChI is InChI=1S/C11H10N2O2S/c1-16(14,15)11-7-10(12-8-13-11)9-5-3-2-4-6-9/h2-8H,1H3. The van der Waals surface area contributed by atoms with Gasteiger partial charge in [0.15, 0.2) is 14.9 Å². The third-order valence-corrected chi connectivity index (χ3v) is 3.07. The summed E-state index contributed by atoms with van der Waals surface area (Å²) in [5.41, 5.74) is 1.48. The van der Waals surface area contributed by atoms with Gasteiger partial charge in [0.1, 0.15) is 6.33 Å². The van der Waals surface area contributed by atoms with Crippen LogP contribution in [0.3, 0.4) is 0 Å². The molecule has 0 spiro atoms. The molecule has 2 rings (SSSR count). The molecule has 0 amide bonds. The molecule has 0 aliphatic carbocycles. The number of aromatic nitrogens is 2. The highest BCUT2D eigenvalue weighted by Crippen LogP contribution is 2.17. The molecule has 0 radical (unpaired) electrons. The van der Waals surface area contributed by atoms with Crippen LogP contribution in [0, 0.1) is 0 Å². The van der Waals surface area contributed by atoms with Gasteiger partial charge >= 0.3 is 0 Å². The Morgan fingerprint density at radius 1 is 1.06 bits per heavy atom. The molecular formula is C11H10N2O2S. The highest BCUT2D eigenvalue weighted by molar-refractivity contribution is 7.90. The summed E-state index contributed by atoms with van der Waals surface area (Å²) >= 11 is 0. The minimum atomic E-state index is -3.28. The Hall–Kier alpha value is -1.75. The second kappa shape index (κ2) is 4.02. The van der Waals surface area contributed by atoms with E-state index in [1.807, 2.05) is 30.3 Å². The van der Waals surface area contributed by atoms with Gasteiger partial charge in [-0.25, -0.2) is 18.4 Å². The Balaban J connectivity index is 2.53. The van der Waals surface area contributed by atoms with Gasteiger partial charge in [0, 0.05) is 17.9 Å².